The zero-order valence-electron chi connectivity index (χ0n) is 10.0. The molecule has 6 heteroatoms. The average Bonchev–Trinajstić information content (AvgIpc) is 2.35. The SMILES string of the molecule is CCOC(OC)c1cc(OC)ccc1[N+](=O)[O-]. The number of nitro benzene ring substituents is 1. The van der Waals surface area contributed by atoms with Gasteiger partial charge in [0.05, 0.1) is 17.6 Å². The molecule has 0 aliphatic rings. The molecule has 0 fully saturated rings. The van der Waals surface area contributed by atoms with Gasteiger partial charge in [0, 0.05) is 19.8 Å². The van der Waals surface area contributed by atoms with Gasteiger partial charge >= 0.3 is 0 Å². The highest BCUT2D eigenvalue weighted by Crippen LogP contribution is 2.31. The van der Waals surface area contributed by atoms with Gasteiger partial charge in [0.15, 0.2) is 6.29 Å². The van der Waals surface area contributed by atoms with Crippen molar-refractivity contribution >= 4 is 5.69 Å². The van der Waals surface area contributed by atoms with Crippen molar-refractivity contribution in [2.45, 2.75) is 13.2 Å². The van der Waals surface area contributed by atoms with Crippen molar-refractivity contribution in [3.05, 3.63) is 33.9 Å². The summed E-state index contributed by atoms with van der Waals surface area (Å²) in [6, 6.07) is 4.45. The molecule has 17 heavy (non-hydrogen) atoms. The van der Waals surface area contributed by atoms with Crippen LogP contribution in [0.4, 0.5) is 5.69 Å². The fourth-order valence-corrected chi connectivity index (χ4v) is 1.45. The second-order valence-corrected chi connectivity index (χ2v) is 3.20. The average molecular weight is 241 g/mol. The maximum absolute atomic E-state index is 10.9. The van der Waals surface area contributed by atoms with Crippen LogP contribution in [0.2, 0.25) is 0 Å². The molecule has 0 N–H and O–H groups in total. The summed E-state index contributed by atoms with van der Waals surface area (Å²) in [5.41, 5.74) is 0.296. The Balaban J connectivity index is 3.19. The first-order chi connectivity index (χ1) is 8.13. The molecule has 1 unspecified atom stereocenters. The quantitative estimate of drug-likeness (QED) is 0.434. The van der Waals surface area contributed by atoms with Crippen molar-refractivity contribution in [2.75, 3.05) is 20.8 Å². The van der Waals surface area contributed by atoms with E-state index in [-0.39, 0.29) is 5.69 Å². The molecule has 0 aliphatic heterocycles. The van der Waals surface area contributed by atoms with Crippen molar-refractivity contribution in [3.63, 3.8) is 0 Å². The van der Waals surface area contributed by atoms with Crippen molar-refractivity contribution < 1.29 is 19.1 Å². The van der Waals surface area contributed by atoms with E-state index >= 15 is 0 Å². The molecule has 1 aromatic rings. The highest BCUT2D eigenvalue weighted by Gasteiger charge is 2.23. The van der Waals surface area contributed by atoms with Crippen LogP contribution < -0.4 is 4.74 Å². The molecule has 0 saturated heterocycles. The van der Waals surface area contributed by atoms with E-state index < -0.39 is 11.2 Å². The molecule has 0 spiro atoms. The summed E-state index contributed by atoms with van der Waals surface area (Å²) >= 11 is 0. The number of ether oxygens (including phenoxy) is 3. The molecule has 0 heterocycles. The summed E-state index contributed by atoms with van der Waals surface area (Å²) in [4.78, 5) is 10.4. The fraction of sp³-hybridized carbons (Fsp3) is 0.455. The van der Waals surface area contributed by atoms with Crippen LogP contribution in [-0.2, 0) is 9.47 Å². The van der Waals surface area contributed by atoms with Gasteiger partial charge in [-0.25, -0.2) is 0 Å². The predicted octanol–water partition coefficient (Wildman–Crippen LogP) is 2.28. The summed E-state index contributed by atoms with van der Waals surface area (Å²) < 4.78 is 15.4. The van der Waals surface area contributed by atoms with Gasteiger partial charge in [-0.2, -0.15) is 0 Å². The standard InChI is InChI=1S/C11H15NO5/c1-4-17-11(16-3)9-7-8(15-2)5-6-10(9)12(13)14/h5-7,11H,4H2,1-3H3. The van der Waals surface area contributed by atoms with Crippen LogP contribution in [0.25, 0.3) is 0 Å². The van der Waals surface area contributed by atoms with Crippen molar-refractivity contribution in [1.29, 1.82) is 0 Å². The van der Waals surface area contributed by atoms with E-state index in [2.05, 4.69) is 0 Å². The second-order valence-electron chi connectivity index (χ2n) is 3.20. The maximum atomic E-state index is 10.9. The van der Waals surface area contributed by atoms with Gasteiger partial charge in [-0.1, -0.05) is 0 Å². The molecule has 0 bridgehead atoms. The normalized spacial score (nSPS) is 12.2. The van der Waals surface area contributed by atoms with Crippen LogP contribution in [-0.4, -0.2) is 25.7 Å². The predicted molar refractivity (Wildman–Crippen MR) is 61.0 cm³/mol. The molecular weight excluding hydrogens is 226 g/mol. The van der Waals surface area contributed by atoms with E-state index in [9.17, 15) is 10.1 Å². The Morgan fingerprint density at radius 1 is 1.41 bits per heavy atom. The van der Waals surface area contributed by atoms with Crippen LogP contribution in [0.3, 0.4) is 0 Å². The van der Waals surface area contributed by atoms with Crippen LogP contribution in [0.1, 0.15) is 18.8 Å². The zero-order valence-corrected chi connectivity index (χ0v) is 10.0. The van der Waals surface area contributed by atoms with E-state index in [0.29, 0.717) is 17.9 Å². The Morgan fingerprint density at radius 2 is 2.12 bits per heavy atom. The van der Waals surface area contributed by atoms with Crippen molar-refractivity contribution in [3.8, 4) is 5.75 Å². The van der Waals surface area contributed by atoms with Crippen LogP contribution in [0.15, 0.2) is 18.2 Å². The minimum Gasteiger partial charge on any atom is -0.497 e. The molecule has 0 amide bonds. The third-order valence-corrected chi connectivity index (χ3v) is 2.22. The summed E-state index contributed by atoms with van der Waals surface area (Å²) in [6.45, 7) is 2.19. The van der Waals surface area contributed by atoms with Crippen molar-refractivity contribution in [1.82, 2.24) is 0 Å². The Morgan fingerprint density at radius 3 is 2.59 bits per heavy atom. The van der Waals surface area contributed by atoms with E-state index in [1.807, 2.05) is 0 Å². The Kier molecular flexibility index (Phi) is 4.86. The monoisotopic (exact) mass is 241 g/mol. The van der Waals surface area contributed by atoms with E-state index in [1.165, 1.54) is 26.4 Å². The molecule has 0 aromatic heterocycles. The zero-order chi connectivity index (χ0) is 12.8. The Labute approximate surface area is 99.2 Å². The first-order valence-corrected chi connectivity index (χ1v) is 5.10. The van der Waals surface area contributed by atoms with Crippen LogP contribution in [0, 0.1) is 10.1 Å². The van der Waals surface area contributed by atoms with Gasteiger partial charge in [0.2, 0.25) is 0 Å². The third-order valence-electron chi connectivity index (χ3n) is 2.22. The van der Waals surface area contributed by atoms with Gasteiger partial charge in [0.25, 0.3) is 5.69 Å². The minimum absolute atomic E-state index is 0.0499. The third kappa shape index (κ3) is 3.15. The molecular formula is C11H15NO5. The highest BCUT2D eigenvalue weighted by atomic mass is 16.7. The fourth-order valence-electron chi connectivity index (χ4n) is 1.45. The number of hydrogen-bond acceptors (Lipinski definition) is 5. The lowest BCUT2D eigenvalue weighted by Gasteiger charge is -2.16. The molecule has 1 aromatic carbocycles. The van der Waals surface area contributed by atoms with Gasteiger partial charge in [-0.05, 0) is 19.1 Å². The number of rotatable bonds is 6. The molecule has 0 aliphatic carbocycles. The molecule has 6 nitrogen and oxygen atoms in total. The molecule has 0 saturated carbocycles. The van der Waals surface area contributed by atoms with E-state index in [0.717, 1.165) is 0 Å². The first-order valence-electron chi connectivity index (χ1n) is 5.10. The van der Waals surface area contributed by atoms with Crippen LogP contribution >= 0.6 is 0 Å². The second kappa shape index (κ2) is 6.17. The van der Waals surface area contributed by atoms with Gasteiger partial charge in [-0.15, -0.1) is 0 Å². The molecule has 94 valence electrons. The summed E-state index contributed by atoms with van der Waals surface area (Å²) in [5, 5.41) is 10.9. The number of benzene rings is 1. The highest BCUT2D eigenvalue weighted by molar-refractivity contribution is 5.46. The van der Waals surface area contributed by atoms with Crippen molar-refractivity contribution in [2.24, 2.45) is 0 Å². The van der Waals surface area contributed by atoms with Gasteiger partial charge < -0.3 is 14.2 Å². The lowest BCUT2D eigenvalue weighted by atomic mass is 10.1. The summed E-state index contributed by atoms with van der Waals surface area (Å²) in [7, 11) is 2.93. The number of hydrogen-bond donors (Lipinski definition) is 0. The number of nitro groups is 1. The number of methoxy groups -OCH3 is 2. The first kappa shape index (κ1) is 13.4. The smallest absolute Gasteiger partial charge is 0.277 e. The molecule has 0 radical (unpaired) electrons. The molecule has 1 atom stereocenters. The largest absolute Gasteiger partial charge is 0.497 e. The summed E-state index contributed by atoms with van der Waals surface area (Å²) in [6.07, 6.45) is -0.768. The van der Waals surface area contributed by atoms with Crippen LogP contribution in [0.5, 0.6) is 5.75 Å². The van der Waals surface area contributed by atoms with Gasteiger partial charge in [-0.3, -0.25) is 10.1 Å². The Hall–Kier alpha value is -1.66. The molecule has 1 rings (SSSR count). The minimum atomic E-state index is -0.768. The summed E-state index contributed by atoms with van der Waals surface area (Å²) in [5.74, 6) is 0.521. The lowest BCUT2D eigenvalue weighted by Crippen LogP contribution is -2.09. The number of nitrogens with zero attached hydrogens (tertiary/aromatic N) is 1. The lowest BCUT2D eigenvalue weighted by molar-refractivity contribution is -0.387. The topological polar surface area (TPSA) is 70.8 Å². The Bertz CT molecular complexity index is 393. The van der Waals surface area contributed by atoms with Gasteiger partial charge in [0.1, 0.15) is 5.75 Å². The van der Waals surface area contributed by atoms with E-state index in [4.69, 9.17) is 14.2 Å². The maximum Gasteiger partial charge on any atom is 0.277 e. The van der Waals surface area contributed by atoms with E-state index in [1.54, 1.807) is 13.0 Å².